The minimum Gasteiger partial charge on any atom is -0.335 e. The fourth-order valence-electron chi connectivity index (χ4n) is 3.67. The van der Waals surface area contributed by atoms with Crippen LogP contribution in [0.2, 0.25) is 0 Å². The summed E-state index contributed by atoms with van der Waals surface area (Å²) in [5, 5.41) is 6.35. The smallest absolute Gasteiger partial charge is 0.315 e. The average molecular weight is 279 g/mol. The van der Waals surface area contributed by atoms with Crippen molar-refractivity contribution >= 4 is 6.03 Å². The molecule has 0 atom stereocenters. The van der Waals surface area contributed by atoms with Gasteiger partial charge in [0, 0.05) is 31.2 Å². The first-order valence-electron chi connectivity index (χ1n) is 8.52. The van der Waals surface area contributed by atoms with Gasteiger partial charge in [0.2, 0.25) is 0 Å². The topological polar surface area (TPSA) is 44.4 Å². The summed E-state index contributed by atoms with van der Waals surface area (Å²) in [5.74, 6) is 0.836. The highest BCUT2D eigenvalue weighted by molar-refractivity contribution is 5.74. The summed E-state index contributed by atoms with van der Waals surface area (Å²) in [6.07, 6.45) is 9.81. The van der Waals surface area contributed by atoms with Crippen LogP contribution in [0.1, 0.15) is 58.3 Å². The van der Waals surface area contributed by atoms with Gasteiger partial charge in [0.05, 0.1) is 0 Å². The van der Waals surface area contributed by atoms with Crippen LogP contribution in [0.25, 0.3) is 0 Å². The van der Waals surface area contributed by atoms with Crippen LogP contribution >= 0.6 is 0 Å². The number of hydrogen-bond acceptors (Lipinski definition) is 2. The van der Waals surface area contributed by atoms with Crippen LogP contribution in [0, 0.1) is 5.92 Å². The fraction of sp³-hybridized carbons (Fsp3) is 0.938. The van der Waals surface area contributed by atoms with E-state index >= 15 is 0 Å². The zero-order valence-corrected chi connectivity index (χ0v) is 12.7. The Morgan fingerprint density at radius 3 is 1.95 bits per heavy atom. The van der Waals surface area contributed by atoms with Crippen molar-refractivity contribution in [3.8, 4) is 0 Å². The van der Waals surface area contributed by atoms with Crippen LogP contribution < -0.4 is 10.6 Å². The van der Waals surface area contributed by atoms with E-state index in [2.05, 4.69) is 22.5 Å². The largest absolute Gasteiger partial charge is 0.335 e. The van der Waals surface area contributed by atoms with E-state index in [9.17, 15) is 4.79 Å². The lowest BCUT2D eigenvalue weighted by atomic mass is 9.87. The Labute approximate surface area is 122 Å². The van der Waals surface area contributed by atoms with E-state index in [1.807, 2.05) is 0 Å². The third-order valence-corrected chi connectivity index (χ3v) is 5.28. The predicted molar refractivity (Wildman–Crippen MR) is 80.7 cm³/mol. The molecule has 2 aliphatic carbocycles. The molecule has 4 heteroatoms. The Balaban J connectivity index is 1.34. The summed E-state index contributed by atoms with van der Waals surface area (Å²) >= 11 is 0. The number of piperidine rings is 1. The summed E-state index contributed by atoms with van der Waals surface area (Å²) in [6.45, 7) is 4.64. The molecule has 3 rings (SSSR count). The molecule has 0 aromatic carbocycles. The molecule has 0 aromatic heterocycles. The molecule has 0 bridgehead atoms. The molecule has 3 fully saturated rings. The van der Waals surface area contributed by atoms with Gasteiger partial charge in [-0.05, 0) is 57.3 Å². The Morgan fingerprint density at radius 2 is 1.40 bits per heavy atom. The van der Waals surface area contributed by atoms with E-state index in [0.717, 1.165) is 50.7 Å². The molecule has 2 amide bonds. The lowest BCUT2D eigenvalue weighted by molar-refractivity contribution is 0.183. The second-order valence-electron chi connectivity index (χ2n) is 7.12. The first kappa shape index (κ1) is 14.2. The molecule has 114 valence electrons. The van der Waals surface area contributed by atoms with Crippen LogP contribution in [0.15, 0.2) is 0 Å². The number of rotatable bonds is 3. The van der Waals surface area contributed by atoms with E-state index in [-0.39, 0.29) is 6.03 Å². The standard InChI is InChI=1S/C16H29N3O/c1-12-2-4-13(5-3-12)17-16(20)18-14-8-10-19(11-9-14)15-6-7-15/h12-15H,2-11H2,1H3,(H2,17,18,20). The van der Waals surface area contributed by atoms with E-state index < -0.39 is 0 Å². The van der Waals surface area contributed by atoms with Gasteiger partial charge < -0.3 is 15.5 Å². The molecule has 20 heavy (non-hydrogen) atoms. The third-order valence-electron chi connectivity index (χ3n) is 5.28. The van der Waals surface area contributed by atoms with Crippen LogP contribution in [0.5, 0.6) is 0 Å². The zero-order valence-electron chi connectivity index (χ0n) is 12.7. The second-order valence-corrected chi connectivity index (χ2v) is 7.12. The third kappa shape index (κ3) is 3.87. The molecular weight excluding hydrogens is 250 g/mol. The molecule has 2 N–H and O–H groups in total. The first-order chi connectivity index (χ1) is 9.70. The van der Waals surface area contributed by atoms with E-state index in [1.54, 1.807) is 0 Å². The predicted octanol–water partition coefficient (Wildman–Crippen LogP) is 2.49. The van der Waals surface area contributed by atoms with Gasteiger partial charge in [-0.1, -0.05) is 6.92 Å². The van der Waals surface area contributed by atoms with Crippen LogP contribution in [-0.4, -0.2) is 42.1 Å². The van der Waals surface area contributed by atoms with Gasteiger partial charge in [-0.15, -0.1) is 0 Å². The van der Waals surface area contributed by atoms with Crippen molar-refractivity contribution in [1.82, 2.24) is 15.5 Å². The number of urea groups is 1. The molecule has 2 saturated carbocycles. The van der Waals surface area contributed by atoms with Crippen molar-refractivity contribution in [3.05, 3.63) is 0 Å². The highest BCUT2D eigenvalue weighted by Gasteiger charge is 2.32. The molecule has 1 aliphatic heterocycles. The number of likely N-dealkylation sites (tertiary alicyclic amines) is 1. The Morgan fingerprint density at radius 1 is 0.850 bits per heavy atom. The Bertz CT molecular complexity index is 327. The maximum Gasteiger partial charge on any atom is 0.315 e. The number of amides is 2. The van der Waals surface area contributed by atoms with Gasteiger partial charge in [-0.3, -0.25) is 0 Å². The van der Waals surface area contributed by atoms with Gasteiger partial charge in [0.1, 0.15) is 0 Å². The zero-order chi connectivity index (χ0) is 13.9. The molecule has 0 unspecified atom stereocenters. The van der Waals surface area contributed by atoms with Crippen molar-refractivity contribution in [3.63, 3.8) is 0 Å². The van der Waals surface area contributed by atoms with Crippen molar-refractivity contribution in [2.24, 2.45) is 5.92 Å². The van der Waals surface area contributed by atoms with Gasteiger partial charge >= 0.3 is 6.03 Å². The SMILES string of the molecule is CC1CCC(NC(=O)NC2CCN(C3CC3)CC2)CC1. The Hall–Kier alpha value is -0.770. The van der Waals surface area contributed by atoms with E-state index in [4.69, 9.17) is 0 Å². The molecule has 0 aromatic rings. The fourth-order valence-corrected chi connectivity index (χ4v) is 3.67. The number of nitrogens with one attached hydrogen (secondary N) is 2. The van der Waals surface area contributed by atoms with Crippen LogP contribution in [0.4, 0.5) is 4.79 Å². The second kappa shape index (κ2) is 6.33. The van der Waals surface area contributed by atoms with Crippen molar-refractivity contribution in [1.29, 1.82) is 0 Å². The number of carbonyl (C=O) groups is 1. The summed E-state index contributed by atoms with van der Waals surface area (Å²) in [5.41, 5.74) is 0. The minimum atomic E-state index is 0.0643. The molecule has 3 aliphatic rings. The van der Waals surface area contributed by atoms with Crippen LogP contribution in [0.3, 0.4) is 0 Å². The number of carbonyl (C=O) groups excluding carboxylic acids is 1. The van der Waals surface area contributed by atoms with Gasteiger partial charge in [-0.2, -0.15) is 0 Å². The average Bonchev–Trinajstić information content (AvgIpc) is 3.27. The summed E-state index contributed by atoms with van der Waals surface area (Å²) in [7, 11) is 0. The molecule has 4 nitrogen and oxygen atoms in total. The molecule has 0 spiro atoms. The van der Waals surface area contributed by atoms with Gasteiger partial charge in [-0.25, -0.2) is 4.79 Å². The molecular formula is C16H29N3O. The number of hydrogen-bond donors (Lipinski definition) is 2. The van der Waals surface area contributed by atoms with Crippen LogP contribution in [-0.2, 0) is 0 Å². The Kier molecular flexibility index (Phi) is 4.49. The normalized spacial score (nSPS) is 32.9. The minimum absolute atomic E-state index is 0.0643. The molecule has 1 saturated heterocycles. The quantitative estimate of drug-likeness (QED) is 0.833. The monoisotopic (exact) mass is 279 g/mol. The summed E-state index contributed by atoms with van der Waals surface area (Å²) in [4.78, 5) is 14.6. The first-order valence-corrected chi connectivity index (χ1v) is 8.52. The molecule has 1 heterocycles. The summed E-state index contributed by atoms with van der Waals surface area (Å²) < 4.78 is 0. The van der Waals surface area contributed by atoms with Crippen molar-refractivity contribution in [2.45, 2.75) is 76.4 Å². The lowest BCUT2D eigenvalue weighted by Crippen LogP contribution is -2.50. The highest BCUT2D eigenvalue weighted by atomic mass is 16.2. The maximum atomic E-state index is 12.1. The van der Waals surface area contributed by atoms with Gasteiger partial charge in [0.15, 0.2) is 0 Å². The molecule has 0 radical (unpaired) electrons. The van der Waals surface area contributed by atoms with Crippen molar-refractivity contribution < 1.29 is 4.79 Å². The van der Waals surface area contributed by atoms with Gasteiger partial charge in [0.25, 0.3) is 0 Å². The highest BCUT2D eigenvalue weighted by Crippen LogP contribution is 2.29. The maximum absolute atomic E-state index is 12.1. The number of nitrogens with zero attached hydrogens (tertiary/aromatic N) is 1. The van der Waals surface area contributed by atoms with E-state index in [0.29, 0.717) is 12.1 Å². The van der Waals surface area contributed by atoms with Crippen molar-refractivity contribution in [2.75, 3.05) is 13.1 Å². The lowest BCUT2D eigenvalue weighted by Gasteiger charge is -2.33. The summed E-state index contributed by atoms with van der Waals surface area (Å²) in [6, 6.07) is 1.72. The van der Waals surface area contributed by atoms with E-state index in [1.165, 1.54) is 25.7 Å².